The zero-order chi connectivity index (χ0) is 10.7. The van der Waals surface area contributed by atoms with Crippen molar-refractivity contribution in [2.75, 3.05) is 0 Å². The Labute approximate surface area is 83.0 Å². The van der Waals surface area contributed by atoms with Crippen molar-refractivity contribution in [2.24, 2.45) is 0 Å². The van der Waals surface area contributed by atoms with Gasteiger partial charge in [0.15, 0.2) is 6.54 Å². The maximum Gasteiger partial charge on any atom is 0.390 e. The van der Waals surface area contributed by atoms with Gasteiger partial charge >= 0.3 is 11.8 Å². The first-order valence-electron chi connectivity index (χ1n) is 3.53. The molecule has 76 valence electrons. The SMILES string of the molecule is O=C(O)Cn1nc([N+](=O)[O-])cc1CCl. The summed E-state index contributed by atoms with van der Waals surface area (Å²) in [5.74, 6) is -1.55. The molecule has 8 heteroatoms. The minimum Gasteiger partial charge on any atom is -0.480 e. The summed E-state index contributed by atoms with van der Waals surface area (Å²) < 4.78 is 0.994. The number of nitrogens with zero attached hydrogens (tertiary/aromatic N) is 3. The molecule has 0 saturated carbocycles. The van der Waals surface area contributed by atoms with Gasteiger partial charge in [0.05, 0.1) is 22.7 Å². The van der Waals surface area contributed by atoms with Crippen LogP contribution in [0.2, 0.25) is 0 Å². The average Bonchev–Trinajstić information content (AvgIpc) is 2.46. The van der Waals surface area contributed by atoms with Crippen molar-refractivity contribution >= 4 is 23.4 Å². The minimum absolute atomic E-state index is 0.0197. The smallest absolute Gasteiger partial charge is 0.390 e. The van der Waals surface area contributed by atoms with Crippen LogP contribution in [0.25, 0.3) is 0 Å². The fourth-order valence-electron chi connectivity index (χ4n) is 0.902. The molecule has 1 rings (SSSR count). The molecular formula is C6H6ClN3O4. The van der Waals surface area contributed by atoms with Gasteiger partial charge in [0.2, 0.25) is 0 Å². The minimum atomic E-state index is -1.13. The highest BCUT2D eigenvalue weighted by molar-refractivity contribution is 6.16. The topological polar surface area (TPSA) is 98.3 Å². The molecular weight excluding hydrogens is 214 g/mol. The van der Waals surface area contributed by atoms with E-state index in [1.807, 2.05) is 0 Å². The monoisotopic (exact) mass is 219 g/mol. The van der Waals surface area contributed by atoms with E-state index in [0.29, 0.717) is 5.69 Å². The molecule has 0 fully saturated rings. The number of aliphatic carboxylic acids is 1. The Morgan fingerprint density at radius 2 is 2.43 bits per heavy atom. The van der Waals surface area contributed by atoms with Gasteiger partial charge in [-0.25, -0.2) is 0 Å². The number of hydrogen-bond donors (Lipinski definition) is 1. The van der Waals surface area contributed by atoms with Gasteiger partial charge in [-0.05, 0) is 4.92 Å². The van der Waals surface area contributed by atoms with Crippen molar-refractivity contribution in [1.82, 2.24) is 9.78 Å². The predicted octanol–water partition coefficient (Wildman–Crippen LogP) is 0.615. The average molecular weight is 220 g/mol. The summed E-state index contributed by atoms with van der Waals surface area (Å²) in [4.78, 5) is 19.9. The van der Waals surface area contributed by atoms with Gasteiger partial charge in [0, 0.05) is 0 Å². The molecule has 0 aliphatic heterocycles. The van der Waals surface area contributed by atoms with E-state index in [9.17, 15) is 14.9 Å². The van der Waals surface area contributed by atoms with E-state index < -0.39 is 23.3 Å². The van der Waals surface area contributed by atoms with Crippen molar-refractivity contribution in [3.63, 3.8) is 0 Å². The molecule has 0 spiro atoms. The molecule has 1 heterocycles. The van der Waals surface area contributed by atoms with Crippen LogP contribution in [0.4, 0.5) is 5.82 Å². The first kappa shape index (κ1) is 10.5. The van der Waals surface area contributed by atoms with Gasteiger partial charge in [-0.1, -0.05) is 0 Å². The highest BCUT2D eigenvalue weighted by atomic mass is 35.5. The number of aromatic nitrogens is 2. The number of hydrogen-bond acceptors (Lipinski definition) is 4. The summed E-state index contributed by atoms with van der Waals surface area (Å²) in [6.07, 6.45) is 0. The molecule has 1 aromatic rings. The van der Waals surface area contributed by atoms with Crippen LogP contribution < -0.4 is 0 Å². The number of nitro groups is 1. The van der Waals surface area contributed by atoms with Crippen LogP contribution in [-0.4, -0.2) is 25.8 Å². The third kappa shape index (κ3) is 2.19. The fraction of sp³-hybridized carbons (Fsp3) is 0.333. The number of rotatable bonds is 4. The van der Waals surface area contributed by atoms with Crippen LogP contribution >= 0.6 is 11.6 Å². The van der Waals surface area contributed by atoms with E-state index in [2.05, 4.69) is 5.10 Å². The van der Waals surface area contributed by atoms with Crippen LogP contribution in [0.5, 0.6) is 0 Å². The lowest BCUT2D eigenvalue weighted by atomic mass is 10.4. The maximum absolute atomic E-state index is 10.3. The zero-order valence-electron chi connectivity index (χ0n) is 6.88. The van der Waals surface area contributed by atoms with Gasteiger partial charge in [-0.2, -0.15) is 4.68 Å². The largest absolute Gasteiger partial charge is 0.480 e. The number of alkyl halides is 1. The van der Waals surface area contributed by atoms with Crippen LogP contribution in [-0.2, 0) is 17.2 Å². The van der Waals surface area contributed by atoms with E-state index in [0.717, 1.165) is 10.7 Å². The normalized spacial score (nSPS) is 10.1. The van der Waals surface area contributed by atoms with Crippen LogP contribution in [0.1, 0.15) is 5.69 Å². The highest BCUT2D eigenvalue weighted by Crippen LogP contribution is 2.13. The zero-order valence-corrected chi connectivity index (χ0v) is 7.64. The quantitative estimate of drug-likeness (QED) is 0.455. The van der Waals surface area contributed by atoms with E-state index in [4.69, 9.17) is 16.7 Å². The van der Waals surface area contributed by atoms with Crippen molar-refractivity contribution in [3.05, 3.63) is 21.9 Å². The fourth-order valence-corrected chi connectivity index (χ4v) is 1.12. The summed E-state index contributed by atoms with van der Waals surface area (Å²) in [7, 11) is 0. The lowest BCUT2D eigenvalue weighted by Crippen LogP contribution is -2.12. The number of halogens is 1. The van der Waals surface area contributed by atoms with Crippen LogP contribution in [0, 0.1) is 10.1 Å². The second kappa shape index (κ2) is 4.05. The van der Waals surface area contributed by atoms with Gasteiger partial charge in [-0.3, -0.25) is 4.79 Å². The molecule has 0 bridgehead atoms. The summed E-state index contributed by atoms with van der Waals surface area (Å²) in [6, 6.07) is 1.15. The Morgan fingerprint density at radius 3 is 2.86 bits per heavy atom. The molecule has 0 atom stereocenters. The standard InChI is InChI=1S/C6H6ClN3O4/c7-2-4-1-5(10(13)14)8-9(4)3-6(11)12/h1H,2-3H2,(H,11,12). The second-order valence-corrected chi connectivity index (χ2v) is 2.70. The molecule has 1 aromatic heterocycles. The molecule has 0 aliphatic carbocycles. The number of carboxylic acids is 1. The Morgan fingerprint density at radius 1 is 1.79 bits per heavy atom. The first-order chi connectivity index (χ1) is 6.54. The third-order valence-corrected chi connectivity index (χ3v) is 1.73. The van der Waals surface area contributed by atoms with E-state index in [1.165, 1.54) is 0 Å². The molecule has 0 radical (unpaired) electrons. The Bertz CT molecular complexity index is 375. The molecule has 0 aromatic carbocycles. The van der Waals surface area contributed by atoms with Gasteiger partial charge in [0.1, 0.15) is 0 Å². The molecule has 0 amide bonds. The van der Waals surface area contributed by atoms with Crippen molar-refractivity contribution in [2.45, 2.75) is 12.4 Å². The predicted molar refractivity (Wildman–Crippen MR) is 46.1 cm³/mol. The summed E-state index contributed by atoms with van der Waals surface area (Å²) in [5.41, 5.74) is 0.306. The summed E-state index contributed by atoms with van der Waals surface area (Å²) in [6.45, 7) is -0.435. The van der Waals surface area contributed by atoms with Gasteiger partial charge in [0.25, 0.3) is 0 Å². The van der Waals surface area contributed by atoms with Crippen LogP contribution in [0.15, 0.2) is 6.07 Å². The van der Waals surface area contributed by atoms with E-state index in [-0.39, 0.29) is 5.88 Å². The van der Waals surface area contributed by atoms with Crippen molar-refractivity contribution in [1.29, 1.82) is 0 Å². The van der Waals surface area contributed by atoms with Crippen LogP contribution in [0.3, 0.4) is 0 Å². The first-order valence-corrected chi connectivity index (χ1v) is 4.07. The Kier molecular flexibility index (Phi) is 3.03. The second-order valence-electron chi connectivity index (χ2n) is 2.44. The third-order valence-electron chi connectivity index (χ3n) is 1.46. The molecule has 0 aliphatic rings. The molecule has 0 saturated heterocycles. The van der Waals surface area contributed by atoms with Crippen molar-refractivity contribution in [3.8, 4) is 0 Å². The highest BCUT2D eigenvalue weighted by Gasteiger charge is 2.18. The van der Waals surface area contributed by atoms with E-state index >= 15 is 0 Å². The van der Waals surface area contributed by atoms with Crippen molar-refractivity contribution < 1.29 is 14.8 Å². The summed E-state index contributed by atoms with van der Waals surface area (Å²) >= 11 is 5.46. The summed E-state index contributed by atoms with van der Waals surface area (Å²) in [5, 5.41) is 22.2. The Hall–Kier alpha value is -1.63. The molecule has 1 N–H and O–H groups in total. The van der Waals surface area contributed by atoms with E-state index in [1.54, 1.807) is 0 Å². The number of carbonyl (C=O) groups is 1. The maximum atomic E-state index is 10.3. The molecule has 0 unspecified atom stereocenters. The number of carboxylic acid groups (broad SMARTS) is 1. The lowest BCUT2D eigenvalue weighted by Gasteiger charge is -1.93. The van der Waals surface area contributed by atoms with Gasteiger partial charge in [-0.15, -0.1) is 11.6 Å². The lowest BCUT2D eigenvalue weighted by molar-refractivity contribution is -0.389. The molecule has 14 heavy (non-hydrogen) atoms. The van der Waals surface area contributed by atoms with Gasteiger partial charge < -0.3 is 15.2 Å². The molecule has 7 nitrogen and oxygen atoms in total. The Balaban J connectivity index is 3.02.